The number of halogens is 1. The molecule has 4 rings (SSSR count). The lowest BCUT2D eigenvalue weighted by molar-refractivity contribution is 0.0576. The molecule has 0 bridgehead atoms. The molecular weight excluding hydrogens is 356 g/mol. The van der Waals surface area contributed by atoms with E-state index in [4.69, 9.17) is 16.3 Å². The summed E-state index contributed by atoms with van der Waals surface area (Å²) in [5.41, 5.74) is 1.03. The summed E-state index contributed by atoms with van der Waals surface area (Å²) in [6, 6.07) is 9.84. The van der Waals surface area contributed by atoms with E-state index in [9.17, 15) is 4.79 Å². The Morgan fingerprint density at radius 1 is 1.24 bits per heavy atom. The average Bonchev–Trinajstić information content (AvgIpc) is 3.29. The van der Waals surface area contributed by atoms with Crippen LogP contribution in [0, 0.1) is 0 Å². The molecule has 2 saturated heterocycles. The van der Waals surface area contributed by atoms with Crippen molar-refractivity contribution in [1.29, 1.82) is 0 Å². The Balaban J connectivity index is 1.35. The Kier molecular flexibility index (Phi) is 4.97. The molecule has 2 fully saturated rings. The number of ether oxygens (including phenoxy) is 1. The van der Waals surface area contributed by atoms with Gasteiger partial charge in [-0.1, -0.05) is 11.6 Å². The minimum atomic E-state index is 0.161. The lowest BCUT2D eigenvalue weighted by Crippen LogP contribution is -2.51. The van der Waals surface area contributed by atoms with Crippen LogP contribution < -0.4 is 4.74 Å². The topological polar surface area (TPSA) is 32.8 Å². The van der Waals surface area contributed by atoms with Crippen molar-refractivity contribution in [3.8, 4) is 5.75 Å². The number of fused-ring (bicyclic) bond motifs is 1. The van der Waals surface area contributed by atoms with Crippen LogP contribution in [0.4, 0.5) is 0 Å². The van der Waals surface area contributed by atoms with E-state index in [0.29, 0.717) is 17.7 Å². The van der Waals surface area contributed by atoms with Gasteiger partial charge in [-0.3, -0.25) is 9.69 Å². The molecule has 25 heavy (non-hydrogen) atoms. The van der Waals surface area contributed by atoms with Crippen LogP contribution in [0.3, 0.4) is 0 Å². The molecule has 0 aliphatic carbocycles. The predicted octanol–water partition coefficient (Wildman–Crippen LogP) is 3.90. The maximum absolute atomic E-state index is 12.8. The fourth-order valence-corrected chi connectivity index (χ4v) is 4.58. The molecule has 4 nitrogen and oxygen atoms in total. The SMILES string of the molecule is O=C(c1cc(COc2ccc(Cl)cc2)cs1)N1CCN2CCCC2C1. The Hall–Kier alpha value is -1.56. The molecule has 0 N–H and O–H groups in total. The van der Waals surface area contributed by atoms with Gasteiger partial charge in [-0.05, 0) is 55.1 Å². The van der Waals surface area contributed by atoms with Crippen molar-refractivity contribution >= 4 is 28.8 Å². The van der Waals surface area contributed by atoms with Crippen molar-refractivity contribution in [3.05, 3.63) is 51.2 Å². The van der Waals surface area contributed by atoms with Gasteiger partial charge in [-0.25, -0.2) is 0 Å². The van der Waals surface area contributed by atoms with E-state index < -0.39 is 0 Å². The second-order valence-corrected chi connectivity index (χ2v) is 7.99. The molecule has 1 unspecified atom stereocenters. The number of carbonyl (C=O) groups is 1. The quantitative estimate of drug-likeness (QED) is 0.811. The van der Waals surface area contributed by atoms with Gasteiger partial charge in [0.15, 0.2) is 0 Å². The summed E-state index contributed by atoms with van der Waals surface area (Å²) >= 11 is 7.38. The summed E-state index contributed by atoms with van der Waals surface area (Å²) in [7, 11) is 0. The summed E-state index contributed by atoms with van der Waals surface area (Å²) in [5.74, 6) is 0.940. The maximum atomic E-state index is 12.8. The second-order valence-electron chi connectivity index (χ2n) is 6.64. The number of hydrogen-bond acceptors (Lipinski definition) is 4. The third-order valence-electron chi connectivity index (χ3n) is 4.96. The highest BCUT2D eigenvalue weighted by Crippen LogP contribution is 2.25. The van der Waals surface area contributed by atoms with Crippen LogP contribution in [0.15, 0.2) is 35.7 Å². The Bertz CT molecular complexity index is 746. The van der Waals surface area contributed by atoms with Crippen LogP contribution in [0.25, 0.3) is 0 Å². The first-order valence-corrected chi connectivity index (χ1v) is 9.94. The molecule has 2 aliphatic rings. The number of piperazine rings is 1. The van der Waals surface area contributed by atoms with Gasteiger partial charge < -0.3 is 9.64 Å². The first-order valence-electron chi connectivity index (χ1n) is 8.68. The number of rotatable bonds is 4. The summed E-state index contributed by atoms with van der Waals surface area (Å²) in [4.78, 5) is 18.1. The van der Waals surface area contributed by atoms with E-state index in [0.717, 1.165) is 35.8 Å². The number of hydrogen-bond donors (Lipinski definition) is 0. The van der Waals surface area contributed by atoms with Crippen molar-refractivity contribution in [1.82, 2.24) is 9.80 Å². The molecule has 0 radical (unpaired) electrons. The molecule has 1 atom stereocenters. The number of benzene rings is 1. The van der Waals surface area contributed by atoms with Crippen molar-refractivity contribution in [2.45, 2.75) is 25.5 Å². The van der Waals surface area contributed by atoms with Crippen LogP contribution in [0.1, 0.15) is 28.1 Å². The van der Waals surface area contributed by atoms with Crippen LogP contribution in [-0.2, 0) is 6.61 Å². The van der Waals surface area contributed by atoms with Gasteiger partial charge in [0.1, 0.15) is 12.4 Å². The van der Waals surface area contributed by atoms with E-state index in [2.05, 4.69) is 4.90 Å². The maximum Gasteiger partial charge on any atom is 0.264 e. The van der Waals surface area contributed by atoms with Crippen LogP contribution >= 0.6 is 22.9 Å². The highest BCUT2D eigenvalue weighted by molar-refractivity contribution is 7.12. The summed E-state index contributed by atoms with van der Waals surface area (Å²) in [6.07, 6.45) is 2.48. The molecule has 6 heteroatoms. The van der Waals surface area contributed by atoms with E-state index in [1.54, 1.807) is 0 Å². The van der Waals surface area contributed by atoms with Crippen LogP contribution in [0.2, 0.25) is 5.02 Å². The summed E-state index contributed by atoms with van der Waals surface area (Å²) in [5, 5.41) is 2.70. The van der Waals surface area contributed by atoms with E-state index in [-0.39, 0.29) is 5.91 Å². The molecule has 1 aromatic carbocycles. The van der Waals surface area contributed by atoms with Crippen LogP contribution in [-0.4, -0.2) is 47.9 Å². The molecule has 2 aromatic rings. The molecule has 1 amide bonds. The highest BCUT2D eigenvalue weighted by atomic mass is 35.5. The van der Waals surface area contributed by atoms with E-state index >= 15 is 0 Å². The Morgan fingerprint density at radius 3 is 2.92 bits per heavy atom. The minimum Gasteiger partial charge on any atom is -0.489 e. The molecule has 2 aliphatic heterocycles. The van der Waals surface area contributed by atoms with Gasteiger partial charge in [0.05, 0.1) is 4.88 Å². The standard InChI is InChI=1S/C19H21ClN2O2S/c20-15-3-5-17(6-4-15)24-12-14-10-18(25-13-14)19(23)22-9-8-21-7-1-2-16(21)11-22/h3-6,10,13,16H,1-2,7-9,11-12H2. The second kappa shape index (κ2) is 7.36. The first kappa shape index (κ1) is 16.9. The predicted molar refractivity (Wildman–Crippen MR) is 101 cm³/mol. The Morgan fingerprint density at radius 2 is 2.08 bits per heavy atom. The smallest absolute Gasteiger partial charge is 0.264 e. The van der Waals surface area contributed by atoms with Crippen molar-refractivity contribution in [2.24, 2.45) is 0 Å². The fraction of sp³-hybridized carbons (Fsp3) is 0.421. The molecule has 0 saturated carbocycles. The molecular formula is C19H21ClN2O2S. The monoisotopic (exact) mass is 376 g/mol. The fourth-order valence-electron chi connectivity index (χ4n) is 3.59. The van der Waals surface area contributed by atoms with Gasteiger partial charge in [-0.15, -0.1) is 11.3 Å². The van der Waals surface area contributed by atoms with Gasteiger partial charge in [0.25, 0.3) is 5.91 Å². The van der Waals surface area contributed by atoms with Gasteiger partial charge >= 0.3 is 0 Å². The number of amides is 1. The largest absolute Gasteiger partial charge is 0.489 e. The Labute approximate surface area is 156 Å². The third-order valence-corrected chi connectivity index (χ3v) is 6.18. The first-order chi connectivity index (χ1) is 12.2. The zero-order valence-corrected chi connectivity index (χ0v) is 15.6. The molecule has 132 valence electrons. The summed E-state index contributed by atoms with van der Waals surface area (Å²) < 4.78 is 5.76. The number of carbonyl (C=O) groups excluding carboxylic acids is 1. The number of nitrogens with zero attached hydrogens (tertiary/aromatic N) is 2. The van der Waals surface area contributed by atoms with Crippen molar-refractivity contribution in [2.75, 3.05) is 26.2 Å². The third kappa shape index (κ3) is 3.84. The zero-order chi connectivity index (χ0) is 17.2. The van der Waals surface area contributed by atoms with E-state index in [1.807, 2.05) is 40.6 Å². The molecule has 3 heterocycles. The van der Waals surface area contributed by atoms with Gasteiger partial charge in [0.2, 0.25) is 0 Å². The normalized spacial score (nSPS) is 20.5. The van der Waals surface area contributed by atoms with Crippen molar-refractivity contribution < 1.29 is 9.53 Å². The van der Waals surface area contributed by atoms with Gasteiger partial charge in [0, 0.05) is 36.3 Å². The lowest BCUT2D eigenvalue weighted by Gasteiger charge is -2.37. The average molecular weight is 377 g/mol. The van der Waals surface area contributed by atoms with Crippen molar-refractivity contribution in [3.63, 3.8) is 0 Å². The zero-order valence-electron chi connectivity index (χ0n) is 14.0. The summed E-state index contributed by atoms with van der Waals surface area (Å²) in [6.45, 7) is 4.37. The highest BCUT2D eigenvalue weighted by Gasteiger charge is 2.33. The lowest BCUT2D eigenvalue weighted by atomic mass is 10.1. The molecule has 1 aromatic heterocycles. The molecule has 0 spiro atoms. The van der Waals surface area contributed by atoms with Gasteiger partial charge in [-0.2, -0.15) is 0 Å². The van der Waals surface area contributed by atoms with E-state index in [1.165, 1.54) is 30.7 Å². The number of thiophene rings is 1. The van der Waals surface area contributed by atoms with Crippen LogP contribution in [0.5, 0.6) is 5.75 Å². The minimum absolute atomic E-state index is 0.161.